The van der Waals surface area contributed by atoms with Gasteiger partial charge in [-0.05, 0) is 29.8 Å². The second-order valence-corrected chi connectivity index (χ2v) is 4.73. The molecule has 0 saturated heterocycles. The number of nitrogens with zero attached hydrogens (tertiary/aromatic N) is 2. The first-order valence-electron chi connectivity index (χ1n) is 6.84. The van der Waals surface area contributed by atoms with Crippen molar-refractivity contribution < 1.29 is 9.94 Å². The number of para-hydroxylation sites is 1. The predicted molar refractivity (Wildman–Crippen MR) is 85.3 cm³/mol. The third-order valence-corrected chi connectivity index (χ3v) is 3.32. The Kier molecular flexibility index (Phi) is 4.02. The molecule has 6 heteroatoms. The van der Waals surface area contributed by atoms with Crippen LogP contribution in [0.15, 0.2) is 48.5 Å². The molecule has 2 aromatic carbocycles. The van der Waals surface area contributed by atoms with E-state index in [9.17, 15) is 0 Å². The maximum Gasteiger partial charge on any atom is 0.249 e. The molecule has 0 fully saturated rings. The Morgan fingerprint density at radius 1 is 1.05 bits per heavy atom. The number of ether oxygens (including phenoxy) is 1. The van der Waals surface area contributed by atoms with Gasteiger partial charge in [0.05, 0.1) is 12.6 Å². The number of anilines is 2. The number of fused-ring (bicyclic) bond motifs is 1. The summed E-state index contributed by atoms with van der Waals surface area (Å²) in [5.74, 6) is 1.65. The van der Waals surface area contributed by atoms with Crippen LogP contribution in [0.5, 0.6) is 5.75 Å². The molecular formula is C16H16N4O2. The second kappa shape index (κ2) is 6.28. The summed E-state index contributed by atoms with van der Waals surface area (Å²) in [6.45, 7) is 0.607. The summed E-state index contributed by atoms with van der Waals surface area (Å²) >= 11 is 0. The molecule has 1 heterocycles. The standard InChI is InChI=1S/C16H16N4O2/c1-22-12-8-6-11(7-9-12)10-17-15-13-4-2-3-5-14(13)18-16(19-15)20-21/h2-9,21H,10H2,1H3,(H2,17,18,19,20). The fourth-order valence-corrected chi connectivity index (χ4v) is 2.19. The number of hydrogen-bond donors (Lipinski definition) is 3. The zero-order chi connectivity index (χ0) is 15.4. The van der Waals surface area contributed by atoms with Gasteiger partial charge in [0.15, 0.2) is 0 Å². The van der Waals surface area contributed by atoms with Crippen LogP contribution in [0.25, 0.3) is 10.9 Å². The molecule has 112 valence electrons. The van der Waals surface area contributed by atoms with E-state index in [1.54, 1.807) is 7.11 Å². The van der Waals surface area contributed by atoms with Gasteiger partial charge in [-0.15, -0.1) is 0 Å². The van der Waals surface area contributed by atoms with Gasteiger partial charge in [0.2, 0.25) is 5.95 Å². The molecule has 0 saturated carbocycles. The molecule has 1 aromatic heterocycles. The van der Waals surface area contributed by atoms with Crippen molar-refractivity contribution in [3.8, 4) is 5.75 Å². The van der Waals surface area contributed by atoms with Gasteiger partial charge >= 0.3 is 0 Å². The van der Waals surface area contributed by atoms with E-state index < -0.39 is 0 Å². The third kappa shape index (κ3) is 2.91. The molecule has 3 rings (SSSR count). The monoisotopic (exact) mass is 296 g/mol. The largest absolute Gasteiger partial charge is 0.497 e. The quantitative estimate of drug-likeness (QED) is 0.628. The number of benzene rings is 2. The van der Waals surface area contributed by atoms with Crippen LogP contribution in [0.1, 0.15) is 5.56 Å². The highest BCUT2D eigenvalue weighted by molar-refractivity contribution is 5.89. The molecule has 0 atom stereocenters. The Bertz CT molecular complexity index is 775. The van der Waals surface area contributed by atoms with E-state index in [1.807, 2.05) is 54.0 Å². The van der Waals surface area contributed by atoms with E-state index in [1.165, 1.54) is 0 Å². The zero-order valence-electron chi connectivity index (χ0n) is 12.1. The van der Waals surface area contributed by atoms with Gasteiger partial charge in [-0.25, -0.2) is 10.5 Å². The van der Waals surface area contributed by atoms with Crippen LogP contribution in [-0.4, -0.2) is 22.3 Å². The first kappa shape index (κ1) is 14.1. The lowest BCUT2D eigenvalue weighted by Crippen LogP contribution is -2.05. The van der Waals surface area contributed by atoms with Crippen LogP contribution in [0.4, 0.5) is 11.8 Å². The molecule has 6 nitrogen and oxygen atoms in total. The normalized spacial score (nSPS) is 10.5. The molecule has 3 aromatic rings. The second-order valence-electron chi connectivity index (χ2n) is 4.73. The summed E-state index contributed by atoms with van der Waals surface area (Å²) in [7, 11) is 1.64. The number of rotatable bonds is 5. The minimum absolute atomic E-state index is 0.163. The molecule has 0 spiro atoms. The Balaban J connectivity index is 1.86. The van der Waals surface area contributed by atoms with Crippen LogP contribution in [0, 0.1) is 0 Å². The minimum atomic E-state index is 0.163. The van der Waals surface area contributed by atoms with Crippen molar-refractivity contribution in [2.45, 2.75) is 6.54 Å². The SMILES string of the molecule is COc1ccc(CNc2nc(NO)nc3ccccc23)cc1. The summed E-state index contributed by atoms with van der Waals surface area (Å²) < 4.78 is 5.14. The maximum absolute atomic E-state index is 9.05. The van der Waals surface area contributed by atoms with Gasteiger partial charge in [-0.1, -0.05) is 24.3 Å². The molecular weight excluding hydrogens is 280 g/mol. The van der Waals surface area contributed by atoms with Crippen LogP contribution < -0.4 is 15.5 Å². The molecule has 0 aliphatic rings. The summed E-state index contributed by atoms with van der Waals surface area (Å²) in [4.78, 5) is 8.46. The lowest BCUT2D eigenvalue weighted by molar-refractivity contribution is 0.383. The molecule has 0 aliphatic carbocycles. The topological polar surface area (TPSA) is 79.3 Å². The predicted octanol–water partition coefficient (Wildman–Crippen LogP) is 3.05. The first-order valence-corrected chi connectivity index (χ1v) is 6.84. The summed E-state index contributed by atoms with van der Waals surface area (Å²) in [5.41, 5.74) is 3.85. The van der Waals surface area contributed by atoms with E-state index in [0.29, 0.717) is 12.4 Å². The first-order chi connectivity index (χ1) is 10.8. The van der Waals surface area contributed by atoms with E-state index in [4.69, 9.17) is 9.94 Å². The molecule has 22 heavy (non-hydrogen) atoms. The van der Waals surface area contributed by atoms with Gasteiger partial charge in [0, 0.05) is 11.9 Å². The summed E-state index contributed by atoms with van der Waals surface area (Å²) in [6.07, 6.45) is 0. The third-order valence-electron chi connectivity index (χ3n) is 3.32. The fraction of sp³-hybridized carbons (Fsp3) is 0.125. The fourth-order valence-electron chi connectivity index (χ4n) is 2.19. The molecule has 0 bridgehead atoms. The van der Waals surface area contributed by atoms with Crippen LogP contribution in [0.2, 0.25) is 0 Å². The van der Waals surface area contributed by atoms with Gasteiger partial charge < -0.3 is 10.1 Å². The van der Waals surface area contributed by atoms with Crippen molar-refractivity contribution in [1.29, 1.82) is 0 Å². The summed E-state index contributed by atoms with van der Waals surface area (Å²) in [5, 5.41) is 13.2. The van der Waals surface area contributed by atoms with E-state index in [-0.39, 0.29) is 5.95 Å². The highest BCUT2D eigenvalue weighted by atomic mass is 16.5. The van der Waals surface area contributed by atoms with Crippen molar-refractivity contribution in [2.75, 3.05) is 17.9 Å². The zero-order valence-corrected chi connectivity index (χ0v) is 12.1. The molecule has 3 N–H and O–H groups in total. The van der Waals surface area contributed by atoms with Crippen molar-refractivity contribution in [3.05, 3.63) is 54.1 Å². The highest BCUT2D eigenvalue weighted by Crippen LogP contribution is 2.22. The lowest BCUT2D eigenvalue weighted by atomic mass is 10.2. The van der Waals surface area contributed by atoms with Crippen molar-refractivity contribution in [2.24, 2.45) is 0 Å². The number of nitrogens with one attached hydrogen (secondary N) is 2. The van der Waals surface area contributed by atoms with E-state index in [0.717, 1.165) is 22.2 Å². The van der Waals surface area contributed by atoms with Gasteiger partial charge in [0.25, 0.3) is 0 Å². The maximum atomic E-state index is 9.05. The van der Waals surface area contributed by atoms with Crippen molar-refractivity contribution in [3.63, 3.8) is 0 Å². The lowest BCUT2D eigenvalue weighted by Gasteiger charge is -2.10. The summed E-state index contributed by atoms with van der Waals surface area (Å²) in [6, 6.07) is 15.4. The minimum Gasteiger partial charge on any atom is -0.497 e. The van der Waals surface area contributed by atoms with E-state index in [2.05, 4.69) is 15.3 Å². The average Bonchev–Trinajstić information content (AvgIpc) is 2.59. The highest BCUT2D eigenvalue weighted by Gasteiger charge is 2.06. The average molecular weight is 296 g/mol. The van der Waals surface area contributed by atoms with Gasteiger partial charge in [-0.2, -0.15) is 4.98 Å². The Labute approximate surface area is 127 Å². The number of hydrogen-bond acceptors (Lipinski definition) is 6. The Morgan fingerprint density at radius 3 is 2.55 bits per heavy atom. The van der Waals surface area contributed by atoms with Crippen molar-refractivity contribution in [1.82, 2.24) is 9.97 Å². The van der Waals surface area contributed by atoms with Crippen LogP contribution in [-0.2, 0) is 6.54 Å². The van der Waals surface area contributed by atoms with Crippen molar-refractivity contribution >= 4 is 22.7 Å². The molecule has 0 amide bonds. The van der Waals surface area contributed by atoms with Gasteiger partial charge in [-0.3, -0.25) is 5.21 Å². The number of aromatic nitrogens is 2. The number of methoxy groups -OCH3 is 1. The molecule has 0 aliphatic heterocycles. The molecule has 0 unspecified atom stereocenters. The van der Waals surface area contributed by atoms with Crippen LogP contribution >= 0.6 is 0 Å². The Morgan fingerprint density at radius 2 is 1.82 bits per heavy atom. The molecule has 0 radical (unpaired) electrons. The Hall–Kier alpha value is -2.86. The van der Waals surface area contributed by atoms with E-state index >= 15 is 0 Å². The smallest absolute Gasteiger partial charge is 0.249 e. The van der Waals surface area contributed by atoms with Crippen LogP contribution in [0.3, 0.4) is 0 Å². The van der Waals surface area contributed by atoms with Gasteiger partial charge in [0.1, 0.15) is 11.6 Å².